The van der Waals surface area contributed by atoms with E-state index >= 15 is 0 Å². The minimum Gasteiger partial charge on any atom is -0.748 e. The summed E-state index contributed by atoms with van der Waals surface area (Å²) in [5.41, 5.74) is 0.121. The van der Waals surface area contributed by atoms with Crippen molar-refractivity contribution >= 4 is 51.0 Å². The van der Waals surface area contributed by atoms with Crippen LogP contribution >= 0.6 is 23.2 Å². The van der Waals surface area contributed by atoms with Crippen molar-refractivity contribution in [1.29, 1.82) is 5.26 Å². The normalized spacial score (nSPS) is 31.0. The number of nitriles is 1. The minimum atomic E-state index is -4.58. The summed E-state index contributed by atoms with van der Waals surface area (Å²) in [6, 6.07) is 0.705. The molecule has 18 heteroatoms. The van der Waals surface area contributed by atoms with Gasteiger partial charge in [-0.05, 0) is 58.0 Å². The van der Waals surface area contributed by atoms with Crippen LogP contribution in [-0.2, 0) is 19.7 Å². The molecule has 1 saturated heterocycles. The van der Waals surface area contributed by atoms with Crippen LogP contribution in [0.15, 0.2) is 16.4 Å². The van der Waals surface area contributed by atoms with Gasteiger partial charge in [0.05, 0.1) is 50.4 Å². The zero-order chi connectivity index (χ0) is 29.2. The molecule has 3 fully saturated rings. The summed E-state index contributed by atoms with van der Waals surface area (Å²) in [5.74, 6) is -1.56. The number of hydrogen-bond acceptors (Lipinski definition) is 11. The van der Waals surface area contributed by atoms with E-state index in [9.17, 15) is 32.9 Å². The van der Waals surface area contributed by atoms with Gasteiger partial charge in [0.15, 0.2) is 5.82 Å². The predicted molar refractivity (Wildman–Crippen MR) is 141 cm³/mol. The Labute approximate surface area is 340 Å². The number of piperidine rings is 1. The van der Waals surface area contributed by atoms with Crippen LogP contribution in [0.5, 0.6) is 0 Å². The maximum atomic E-state index is 12.0. The molecule has 220 valence electrons. The molecule has 2 heterocycles. The number of halogens is 2. The Kier molecular flexibility index (Phi) is 16.0. The number of carbonyl (C=O) groups excluding carboxylic acids is 2. The monoisotopic (exact) mass is 693 g/mol. The van der Waals surface area contributed by atoms with Gasteiger partial charge in [-0.1, -0.05) is 0 Å². The molecule has 5 unspecified atom stereocenters. The van der Waals surface area contributed by atoms with E-state index in [0.29, 0.717) is 38.8 Å². The number of azo groups is 1. The van der Waals surface area contributed by atoms with Gasteiger partial charge in [-0.15, -0.1) is 28.3 Å². The summed E-state index contributed by atoms with van der Waals surface area (Å²) >= 11 is 13.0. The van der Waals surface area contributed by atoms with Gasteiger partial charge in [0.1, 0.15) is 11.6 Å². The summed E-state index contributed by atoms with van der Waals surface area (Å²) in [4.78, 5) is 25.5. The van der Waals surface area contributed by atoms with Gasteiger partial charge in [0.2, 0.25) is 5.91 Å². The van der Waals surface area contributed by atoms with Crippen LogP contribution in [0.2, 0.25) is 0 Å². The maximum Gasteiger partial charge on any atom is 1.00 e. The van der Waals surface area contributed by atoms with Gasteiger partial charge in [-0.3, -0.25) is 4.79 Å². The molecule has 0 radical (unpaired) electrons. The Hall–Kier alpha value is 0.963. The van der Waals surface area contributed by atoms with Gasteiger partial charge < -0.3 is 24.7 Å². The van der Waals surface area contributed by atoms with Crippen LogP contribution in [0.3, 0.4) is 0 Å². The molecular weight excluding hydrogens is 663 g/mol. The van der Waals surface area contributed by atoms with Gasteiger partial charge >= 0.3 is 103 Å². The van der Waals surface area contributed by atoms with Gasteiger partial charge in [0, 0.05) is 24.9 Å². The van der Waals surface area contributed by atoms with Crippen molar-refractivity contribution < 1.29 is 130 Å². The van der Waals surface area contributed by atoms with Crippen LogP contribution in [-0.4, -0.2) is 86.7 Å². The minimum absolute atomic E-state index is 0. The number of aromatic nitrogens is 2. The molecule has 0 aromatic carbocycles. The van der Waals surface area contributed by atoms with Crippen LogP contribution in [0, 0.1) is 17.2 Å². The van der Waals surface area contributed by atoms with Crippen molar-refractivity contribution in [2.24, 2.45) is 16.1 Å². The van der Waals surface area contributed by atoms with Crippen molar-refractivity contribution in [2.45, 2.75) is 92.0 Å². The largest absolute Gasteiger partial charge is 1.00 e. The molecule has 2 aliphatic carbocycles. The zero-order valence-electron chi connectivity index (χ0n) is 23.9. The molecule has 0 spiro atoms. The van der Waals surface area contributed by atoms with E-state index in [1.807, 2.05) is 6.07 Å². The summed E-state index contributed by atoms with van der Waals surface area (Å²) in [6.07, 6.45) is 4.09. The maximum absolute atomic E-state index is 12.0. The fourth-order valence-corrected chi connectivity index (χ4v) is 8.21. The number of likely N-dealkylation sites (tertiary alicyclic amines) is 1. The molecule has 1 aromatic rings. The van der Waals surface area contributed by atoms with E-state index in [2.05, 4.69) is 25.5 Å². The summed E-state index contributed by atoms with van der Waals surface area (Å²) in [5, 5.41) is 34.0. The molecule has 1 amide bonds. The van der Waals surface area contributed by atoms with E-state index in [1.54, 1.807) is 0 Å². The molecule has 13 nitrogen and oxygen atoms in total. The fraction of sp³-hybridized carbons (Fsp3) is 0.750. The third kappa shape index (κ3) is 9.74. The molecule has 0 bridgehead atoms. The first-order valence-corrected chi connectivity index (χ1v) is 15.6. The second-order valence-electron chi connectivity index (χ2n) is 10.7. The summed E-state index contributed by atoms with van der Waals surface area (Å²) < 4.78 is 36.0. The Morgan fingerprint density at radius 2 is 1.74 bits per heavy atom. The van der Waals surface area contributed by atoms with E-state index in [0.717, 1.165) is 6.42 Å². The quantitative estimate of drug-likeness (QED) is 0.126. The van der Waals surface area contributed by atoms with Crippen molar-refractivity contribution in [1.82, 2.24) is 20.0 Å². The van der Waals surface area contributed by atoms with Gasteiger partial charge in [0.25, 0.3) is 0 Å². The van der Waals surface area contributed by atoms with Crippen molar-refractivity contribution in [3.8, 4) is 6.07 Å². The number of carboxylic acids is 1. The van der Waals surface area contributed by atoms with Gasteiger partial charge in [-0.2, -0.15) is 15.5 Å². The average Bonchev–Trinajstić information content (AvgIpc) is 3.29. The first-order chi connectivity index (χ1) is 18.9. The Morgan fingerprint density at radius 3 is 2.26 bits per heavy atom. The van der Waals surface area contributed by atoms with Crippen molar-refractivity contribution in [3.63, 3.8) is 0 Å². The predicted octanol–water partition coefficient (Wildman–Crippen LogP) is -4.80. The number of nitrogens with one attached hydrogen (secondary N) is 1. The first kappa shape index (κ1) is 39.1. The molecule has 3 aliphatic rings. The Bertz CT molecular complexity index is 1280. The number of rotatable bonds is 7. The number of aliphatic carboxylic acids is 1. The standard InChI is InChI=1S/C24H33Cl2N7O6S.2K/c1-13(34)29-21-8-16(32-6-4-14(5-7-32)24(35)36)2-3-20(21)30-31-23-15(11-27)12-28-33(23)22-18(25)9-17(10-19(22)26)40(37,38)39;;/h12,14,16-22H,2-10H2,1H3,(H,29,34)(H,35,36)(H,37,38,39);;/q;2*+1/p-2. The molecule has 4 rings (SSSR count). The SMILES string of the molecule is CC(=O)NC1CC(N2CCC(C(=O)[O-])CC2)CCC1N=Nc1c(C#N)cnn1C1C(Cl)CC(S(=O)(=O)[O-])CC1Cl.[K+].[K+]. The first-order valence-electron chi connectivity index (χ1n) is 13.2. The van der Waals surface area contributed by atoms with Gasteiger partial charge in [-0.25, -0.2) is 13.1 Å². The van der Waals surface area contributed by atoms with E-state index in [-0.39, 0.29) is 145 Å². The van der Waals surface area contributed by atoms with Crippen LogP contribution in [0.1, 0.15) is 63.5 Å². The molecule has 1 N–H and O–H groups in total. The number of carbonyl (C=O) groups is 2. The number of nitrogens with zero attached hydrogens (tertiary/aromatic N) is 6. The third-order valence-corrected chi connectivity index (χ3v) is 10.2. The third-order valence-electron chi connectivity index (χ3n) is 8.15. The Balaban J connectivity index is 0.00000308. The fourth-order valence-electron chi connectivity index (χ4n) is 6.05. The Morgan fingerprint density at radius 1 is 1.12 bits per heavy atom. The second-order valence-corrected chi connectivity index (χ2v) is 13.5. The summed E-state index contributed by atoms with van der Waals surface area (Å²) in [7, 11) is -4.58. The number of hydrogen-bond donors (Lipinski definition) is 1. The second kappa shape index (κ2) is 17.2. The van der Waals surface area contributed by atoms with Crippen LogP contribution in [0.25, 0.3) is 0 Å². The van der Waals surface area contributed by atoms with E-state index in [1.165, 1.54) is 17.8 Å². The zero-order valence-corrected chi connectivity index (χ0v) is 32.4. The van der Waals surface area contributed by atoms with Crippen LogP contribution in [0.4, 0.5) is 5.82 Å². The number of amides is 1. The number of carboxylic acid groups (broad SMARTS) is 1. The molecule has 5 atom stereocenters. The molecule has 42 heavy (non-hydrogen) atoms. The molecule has 1 aromatic heterocycles. The van der Waals surface area contributed by atoms with Crippen molar-refractivity contribution in [3.05, 3.63) is 11.8 Å². The average molecular weight is 695 g/mol. The van der Waals surface area contributed by atoms with E-state index < -0.39 is 50.1 Å². The van der Waals surface area contributed by atoms with Crippen molar-refractivity contribution in [2.75, 3.05) is 13.1 Å². The molecule has 2 saturated carbocycles. The molecule has 1 aliphatic heterocycles. The smallest absolute Gasteiger partial charge is 0.748 e. The summed E-state index contributed by atoms with van der Waals surface area (Å²) in [6.45, 7) is 2.70. The topological polar surface area (TPSA) is 196 Å². The van der Waals surface area contributed by atoms with E-state index in [4.69, 9.17) is 23.2 Å². The number of alkyl halides is 2. The molecular formula is C24H31Cl2K2N7O6S. The van der Waals surface area contributed by atoms with Crippen LogP contribution < -0.4 is 113 Å².